The van der Waals surface area contributed by atoms with E-state index in [0.717, 1.165) is 27.9 Å². The van der Waals surface area contributed by atoms with Crippen LogP contribution in [0.3, 0.4) is 0 Å². The molecule has 0 fully saturated rings. The van der Waals surface area contributed by atoms with Gasteiger partial charge in [0, 0.05) is 18.3 Å². The first kappa shape index (κ1) is 18.5. The minimum Gasteiger partial charge on any atom is -0.368 e. The molecule has 1 aliphatic rings. The third-order valence-corrected chi connectivity index (χ3v) is 6.09. The van der Waals surface area contributed by atoms with Crippen LogP contribution in [0.5, 0.6) is 0 Å². The monoisotopic (exact) mass is 417 g/mol. The Balaban J connectivity index is 1.53. The molecule has 1 unspecified atom stereocenters. The molecule has 1 atom stereocenters. The SMILES string of the molecule is NC(=O)C1Cc2ccccc2CN1C(=O)Cn1c(-c2cscn2)nc2ccccc21. The van der Waals surface area contributed by atoms with Crippen LogP contribution >= 0.6 is 11.3 Å². The van der Waals surface area contributed by atoms with Crippen LogP contribution in [0.1, 0.15) is 11.1 Å². The summed E-state index contributed by atoms with van der Waals surface area (Å²) in [6.07, 6.45) is 0.431. The fourth-order valence-corrected chi connectivity index (χ4v) is 4.55. The maximum atomic E-state index is 13.4. The summed E-state index contributed by atoms with van der Waals surface area (Å²) in [5.74, 6) is -0.0279. The van der Waals surface area contributed by atoms with E-state index in [9.17, 15) is 9.59 Å². The lowest BCUT2D eigenvalue weighted by atomic mass is 9.93. The average Bonchev–Trinajstić information content (AvgIpc) is 3.41. The summed E-state index contributed by atoms with van der Waals surface area (Å²) in [6, 6.07) is 14.9. The molecule has 0 spiro atoms. The lowest BCUT2D eigenvalue weighted by Crippen LogP contribution is -2.52. The van der Waals surface area contributed by atoms with E-state index >= 15 is 0 Å². The first-order chi connectivity index (χ1) is 14.6. The number of carbonyl (C=O) groups is 2. The molecular formula is C22H19N5O2S. The summed E-state index contributed by atoms with van der Waals surface area (Å²) < 4.78 is 1.87. The number of benzene rings is 2. The lowest BCUT2D eigenvalue weighted by molar-refractivity contribution is -0.141. The average molecular weight is 417 g/mol. The number of primary amides is 1. The van der Waals surface area contributed by atoms with E-state index in [4.69, 9.17) is 5.73 Å². The number of aromatic nitrogens is 3. The quantitative estimate of drug-likeness (QED) is 0.552. The van der Waals surface area contributed by atoms with Gasteiger partial charge in [0.1, 0.15) is 18.3 Å². The second kappa shape index (κ2) is 7.38. The van der Waals surface area contributed by atoms with Crippen molar-refractivity contribution < 1.29 is 9.59 Å². The number of nitrogens with zero attached hydrogens (tertiary/aromatic N) is 4. The largest absolute Gasteiger partial charge is 0.368 e. The molecule has 2 N–H and O–H groups in total. The summed E-state index contributed by atoms with van der Waals surface area (Å²) in [5, 5.41) is 1.91. The topological polar surface area (TPSA) is 94.1 Å². The van der Waals surface area contributed by atoms with Gasteiger partial charge in [-0.05, 0) is 23.3 Å². The van der Waals surface area contributed by atoms with Crippen molar-refractivity contribution in [2.24, 2.45) is 5.73 Å². The second-order valence-electron chi connectivity index (χ2n) is 7.30. The van der Waals surface area contributed by atoms with E-state index in [0.29, 0.717) is 18.8 Å². The van der Waals surface area contributed by atoms with Crippen LogP contribution in [0.25, 0.3) is 22.6 Å². The van der Waals surface area contributed by atoms with Gasteiger partial charge in [0.05, 0.1) is 16.5 Å². The number of carbonyl (C=O) groups excluding carboxylic acids is 2. The van der Waals surface area contributed by atoms with Gasteiger partial charge in [-0.15, -0.1) is 11.3 Å². The number of hydrogen-bond acceptors (Lipinski definition) is 5. The molecule has 8 heteroatoms. The van der Waals surface area contributed by atoms with Gasteiger partial charge in [-0.25, -0.2) is 9.97 Å². The molecule has 3 heterocycles. The van der Waals surface area contributed by atoms with Gasteiger partial charge in [-0.1, -0.05) is 36.4 Å². The molecule has 0 saturated heterocycles. The standard InChI is InChI=1S/C22H19N5O2S/c23-21(29)19-9-14-5-1-2-6-15(14)10-26(19)20(28)11-27-18-8-4-3-7-16(18)25-22(27)17-12-30-13-24-17/h1-8,12-13,19H,9-11H2,(H2,23,29). The molecule has 0 bridgehead atoms. The highest BCUT2D eigenvalue weighted by Crippen LogP contribution is 2.27. The Bertz CT molecular complexity index is 1250. The molecule has 2 aromatic carbocycles. The zero-order valence-electron chi connectivity index (χ0n) is 16.1. The highest BCUT2D eigenvalue weighted by Gasteiger charge is 2.33. The number of imidazole rings is 1. The van der Waals surface area contributed by atoms with Crippen molar-refractivity contribution in [2.75, 3.05) is 0 Å². The van der Waals surface area contributed by atoms with Crippen LogP contribution in [0.15, 0.2) is 59.4 Å². The Morgan fingerprint density at radius 1 is 1.10 bits per heavy atom. The Kier molecular flexibility index (Phi) is 4.55. The number of thiazole rings is 1. The molecule has 4 aromatic rings. The van der Waals surface area contributed by atoms with Gasteiger partial charge in [0.2, 0.25) is 11.8 Å². The molecule has 0 aliphatic carbocycles. The third kappa shape index (κ3) is 3.15. The summed E-state index contributed by atoms with van der Waals surface area (Å²) in [7, 11) is 0. The summed E-state index contributed by atoms with van der Waals surface area (Å²) in [5.41, 5.74) is 11.9. The Morgan fingerprint density at radius 3 is 2.63 bits per heavy atom. The smallest absolute Gasteiger partial charge is 0.243 e. The molecule has 7 nitrogen and oxygen atoms in total. The fourth-order valence-electron chi connectivity index (χ4n) is 4.02. The number of para-hydroxylation sites is 2. The van der Waals surface area contributed by atoms with E-state index in [1.54, 1.807) is 10.4 Å². The molecule has 150 valence electrons. The van der Waals surface area contributed by atoms with Gasteiger partial charge < -0.3 is 15.2 Å². The summed E-state index contributed by atoms with van der Waals surface area (Å²) >= 11 is 1.48. The fraction of sp³-hybridized carbons (Fsp3) is 0.182. The highest BCUT2D eigenvalue weighted by molar-refractivity contribution is 7.07. The molecular weight excluding hydrogens is 398 g/mol. The van der Waals surface area contributed by atoms with E-state index in [1.165, 1.54) is 11.3 Å². The van der Waals surface area contributed by atoms with Crippen molar-refractivity contribution in [3.05, 3.63) is 70.5 Å². The maximum Gasteiger partial charge on any atom is 0.243 e. The van der Waals surface area contributed by atoms with Crippen molar-refractivity contribution >= 4 is 34.2 Å². The van der Waals surface area contributed by atoms with Gasteiger partial charge >= 0.3 is 0 Å². The normalized spacial score (nSPS) is 15.9. The van der Waals surface area contributed by atoms with Crippen molar-refractivity contribution in [3.8, 4) is 11.5 Å². The predicted molar refractivity (Wildman–Crippen MR) is 115 cm³/mol. The molecule has 5 rings (SSSR count). The molecule has 2 amide bonds. The molecule has 0 saturated carbocycles. The maximum absolute atomic E-state index is 13.4. The third-order valence-electron chi connectivity index (χ3n) is 5.51. The molecule has 2 aromatic heterocycles. The first-order valence-electron chi connectivity index (χ1n) is 9.61. The van der Waals surface area contributed by atoms with E-state index < -0.39 is 11.9 Å². The summed E-state index contributed by atoms with van der Waals surface area (Å²) in [4.78, 5) is 36.2. The molecule has 1 aliphatic heterocycles. The van der Waals surface area contributed by atoms with Gasteiger partial charge in [0.15, 0.2) is 5.82 Å². The first-order valence-corrected chi connectivity index (χ1v) is 10.6. The zero-order chi connectivity index (χ0) is 20.7. The van der Waals surface area contributed by atoms with Crippen LogP contribution in [0.4, 0.5) is 0 Å². The molecule has 30 heavy (non-hydrogen) atoms. The van der Waals surface area contributed by atoms with Crippen LogP contribution < -0.4 is 5.73 Å². The number of nitrogens with two attached hydrogens (primary N) is 1. The van der Waals surface area contributed by atoms with Crippen LogP contribution in [-0.2, 0) is 29.1 Å². The minimum absolute atomic E-state index is 0.0549. The lowest BCUT2D eigenvalue weighted by Gasteiger charge is -2.35. The Hall–Kier alpha value is -3.52. The molecule has 0 radical (unpaired) electrons. The highest BCUT2D eigenvalue weighted by atomic mass is 32.1. The number of hydrogen-bond donors (Lipinski definition) is 1. The Morgan fingerprint density at radius 2 is 1.87 bits per heavy atom. The minimum atomic E-state index is -0.662. The van der Waals surface area contributed by atoms with Crippen LogP contribution in [-0.4, -0.2) is 37.3 Å². The van der Waals surface area contributed by atoms with Crippen molar-refractivity contribution in [2.45, 2.75) is 25.6 Å². The van der Waals surface area contributed by atoms with Crippen molar-refractivity contribution in [1.82, 2.24) is 19.4 Å². The van der Waals surface area contributed by atoms with Crippen LogP contribution in [0.2, 0.25) is 0 Å². The second-order valence-corrected chi connectivity index (χ2v) is 8.02. The van der Waals surface area contributed by atoms with Crippen molar-refractivity contribution in [3.63, 3.8) is 0 Å². The number of fused-ring (bicyclic) bond motifs is 2. The summed E-state index contributed by atoms with van der Waals surface area (Å²) in [6.45, 7) is 0.417. The van der Waals surface area contributed by atoms with Gasteiger partial charge in [-0.3, -0.25) is 9.59 Å². The van der Waals surface area contributed by atoms with Crippen LogP contribution in [0, 0.1) is 0 Å². The van der Waals surface area contributed by atoms with E-state index in [1.807, 2.05) is 58.5 Å². The van der Waals surface area contributed by atoms with E-state index in [2.05, 4.69) is 9.97 Å². The van der Waals surface area contributed by atoms with Gasteiger partial charge in [0.25, 0.3) is 0 Å². The number of amides is 2. The predicted octanol–water partition coefficient (Wildman–Crippen LogP) is 2.60. The van der Waals surface area contributed by atoms with E-state index in [-0.39, 0.29) is 12.5 Å². The van der Waals surface area contributed by atoms with Crippen molar-refractivity contribution in [1.29, 1.82) is 0 Å². The zero-order valence-corrected chi connectivity index (χ0v) is 16.9. The van der Waals surface area contributed by atoms with Gasteiger partial charge in [-0.2, -0.15) is 0 Å². The Labute approximate surface area is 176 Å². The number of rotatable bonds is 4.